The number of rotatable bonds is 9. The van der Waals surface area contributed by atoms with Crippen molar-refractivity contribution in [3.05, 3.63) is 34.9 Å². The second-order valence-electron chi connectivity index (χ2n) is 4.82. The Hall–Kier alpha value is -0.650. The number of aliphatic hydroxyl groups is 1. The van der Waals surface area contributed by atoms with Crippen LogP contribution in [-0.2, 0) is 4.74 Å². The zero-order chi connectivity index (χ0) is 15.0. The van der Waals surface area contributed by atoms with E-state index in [0.29, 0.717) is 18.2 Å². The Morgan fingerprint density at radius 2 is 2.15 bits per heavy atom. The Balaban J connectivity index is 3.01. The van der Waals surface area contributed by atoms with Crippen molar-refractivity contribution >= 4 is 11.6 Å². The normalized spacial score (nSPS) is 14.5. The van der Waals surface area contributed by atoms with Crippen LogP contribution in [0, 0.1) is 0 Å². The van der Waals surface area contributed by atoms with E-state index in [4.69, 9.17) is 22.1 Å². The second kappa shape index (κ2) is 9.32. The second-order valence-corrected chi connectivity index (χ2v) is 5.26. The van der Waals surface area contributed by atoms with Crippen molar-refractivity contribution in [3.8, 4) is 0 Å². The summed E-state index contributed by atoms with van der Waals surface area (Å²) in [6, 6.07) is 7.77. The number of nitrogens with zero attached hydrogens (tertiary/aromatic N) is 1. The lowest BCUT2D eigenvalue weighted by Gasteiger charge is -2.35. The van der Waals surface area contributed by atoms with Gasteiger partial charge in [0.2, 0.25) is 0 Å². The van der Waals surface area contributed by atoms with Crippen LogP contribution in [0.2, 0.25) is 5.02 Å². The third-order valence-corrected chi connectivity index (χ3v) is 3.67. The molecule has 4 nitrogen and oxygen atoms in total. The monoisotopic (exact) mass is 300 g/mol. The lowest BCUT2D eigenvalue weighted by Crippen LogP contribution is -2.43. The molecule has 20 heavy (non-hydrogen) atoms. The standard InChI is InChI=1S/C15H25ClN2O2/c1-3-14(17)15(12-5-4-6-13(16)11-12)18(7-9-19)8-10-20-2/h4-6,11,14-15,19H,3,7-10,17H2,1-2H3. The van der Waals surface area contributed by atoms with Crippen LogP contribution < -0.4 is 5.73 Å². The van der Waals surface area contributed by atoms with Crippen LogP contribution in [0.25, 0.3) is 0 Å². The molecule has 5 heteroatoms. The van der Waals surface area contributed by atoms with Crippen LogP contribution in [0.15, 0.2) is 24.3 Å². The average molecular weight is 301 g/mol. The van der Waals surface area contributed by atoms with Crippen molar-refractivity contribution < 1.29 is 9.84 Å². The van der Waals surface area contributed by atoms with Crippen LogP contribution >= 0.6 is 11.6 Å². The van der Waals surface area contributed by atoms with Gasteiger partial charge in [0.1, 0.15) is 0 Å². The quantitative estimate of drug-likeness (QED) is 0.733. The molecule has 114 valence electrons. The molecule has 0 saturated heterocycles. The molecule has 0 heterocycles. The van der Waals surface area contributed by atoms with E-state index in [-0.39, 0.29) is 18.7 Å². The Labute approximate surface area is 126 Å². The van der Waals surface area contributed by atoms with E-state index in [2.05, 4.69) is 11.8 Å². The molecular weight excluding hydrogens is 276 g/mol. The highest BCUT2D eigenvalue weighted by Gasteiger charge is 2.25. The number of nitrogens with two attached hydrogens (primary N) is 1. The number of benzene rings is 1. The summed E-state index contributed by atoms with van der Waals surface area (Å²) in [7, 11) is 1.67. The van der Waals surface area contributed by atoms with Gasteiger partial charge < -0.3 is 15.6 Å². The van der Waals surface area contributed by atoms with Gasteiger partial charge in [0.25, 0.3) is 0 Å². The highest BCUT2D eigenvalue weighted by Crippen LogP contribution is 2.26. The first-order chi connectivity index (χ1) is 9.63. The summed E-state index contributed by atoms with van der Waals surface area (Å²) in [6.07, 6.45) is 0.853. The third kappa shape index (κ3) is 5.04. The highest BCUT2D eigenvalue weighted by atomic mass is 35.5. The fourth-order valence-electron chi connectivity index (χ4n) is 2.37. The molecule has 0 amide bonds. The molecule has 3 N–H and O–H groups in total. The minimum atomic E-state index is -0.0168. The van der Waals surface area contributed by atoms with E-state index in [1.807, 2.05) is 24.3 Å². The van der Waals surface area contributed by atoms with E-state index >= 15 is 0 Å². The number of halogens is 1. The maximum Gasteiger partial charge on any atom is 0.0589 e. The van der Waals surface area contributed by atoms with E-state index in [0.717, 1.165) is 18.5 Å². The number of methoxy groups -OCH3 is 1. The fourth-order valence-corrected chi connectivity index (χ4v) is 2.57. The summed E-state index contributed by atoms with van der Waals surface area (Å²) in [5.41, 5.74) is 7.38. The molecule has 0 saturated carbocycles. The maximum atomic E-state index is 9.29. The Morgan fingerprint density at radius 3 is 2.70 bits per heavy atom. The molecule has 0 aliphatic rings. The molecular formula is C15H25ClN2O2. The van der Waals surface area contributed by atoms with Crippen molar-refractivity contribution in [2.45, 2.75) is 25.4 Å². The zero-order valence-corrected chi connectivity index (χ0v) is 13.0. The smallest absolute Gasteiger partial charge is 0.0589 e. The van der Waals surface area contributed by atoms with Gasteiger partial charge in [-0.3, -0.25) is 4.90 Å². The number of hydrogen-bond acceptors (Lipinski definition) is 4. The summed E-state index contributed by atoms with van der Waals surface area (Å²) >= 11 is 6.09. The SMILES string of the molecule is CCC(N)C(c1cccc(Cl)c1)N(CCO)CCOC. The highest BCUT2D eigenvalue weighted by molar-refractivity contribution is 6.30. The van der Waals surface area contributed by atoms with E-state index in [1.165, 1.54) is 0 Å². The van der Waals surface area contributed by atoms with Crippen LogP contribution in [0.3, 0.4) is 0 Å². The predicted molar refractivity (Wildman–Crippen MR) is 83.0 cm³/mol. The molecule has 0 aliphatic heterocycles. The van der Waals surface area contributed by atoms with Gasteiger partial charge in [-0.15, -0.1) is 0 Å². The molecule has 2 atom stereocenters. The largest absolute Gasteiger partial charge is 0.395 e. The topological polar surface area (TPSA) is 58.7 Å². The summed E-state index contributed by atoms with van der Waals surface area (Å²) in [5.74, 6) is 0. The van der Waals surface area contributed by atoms with E-state index in [9.17, 15) is 5.11 Å². The van der Waals surface area contributed by atoms with E-state index < -0.39 is 0 Å². The van der Waals surface area contributed by atoms with Gasteiger partial charge in [0.15, 0.2) is 0 Å². The predicted octanol–water partition coefficient (Wildman–Crippen LogP) is 2.06. The molecule has 0 radical (unpaired) electrons. The molecule has 1 aromatic rings. The first kappa shape index (κ1) is 17.4. The molecule has 2 unspecified atom stereocenters. The van der Waals surface area contributed by atoms with Crippen LogP contribution in [0.4, 0.5) is 0 Å². The van der Waals surface area contributed by atoms with E-state index in [1.54, 1.807) is 7.11 Å². The molecule has 1 aromatic carbocycles. The third-order valence-electron chi connectivity index (χ3n) is 3.43. The number of hydrogen-bond donors (Lipinski definition) is 2. The first-order valence-electron chi connectivity index (χ1n) is 6.98. The first-order valence-corrected chi connectivity index (χ1v) is 7.36. The molecule has 0 aromatic heterocycles. The summed E-state index contributed by atoms with van der Waals surface area (Å²) in [6.45, 7) is 4.05. The zero-order valence-electron chi connectivity index (χ0n) is 12.3. The van der Waals surface area contributed by atoms with Gasteiger partial charge in [-0.2, -0.15) is 0 Å². The minimum Gasteiger partial charge on any atom is -0.395 e. The van der Waals surface area contributed by atoms with Crippen molar-refractivity contribution in [2.24, 2.45) is 5.73 Å². The van der Waals surface area contributed by atoms with Crippen LogP contribution in [0.1, 0.15) is 24.9 Å². The minimum absolute atomic E-state index is 0.0168. The van der Waals surface area contributed by atoms with Crippen LogP contribution in [-0.4, -0.2) is 49.5 Å². The Bertz CT molecular complexity index is 390. The average Bonchev–Trinajstić information content (AvgIpc) is 2.44. The van der Waals surface area contributed by atoms with Crippen molar-refractivity contribution in [1.82, 2.24) is 4.90 Å². The molecule has 0 bridgehead atoms. The van der Waals surface area contributed by atoms with Gasteiger partial charge in [0, 0.05) is 31.3 Å². The molecule has 0 spiro atoms. The van der Waals surface area contributed by atoms with Gasteiger partial charge in [0.05, 0.1) is 19.3 Å². The van der Waals surface area contributed by atoms with Crippen molar-refractivity contribution in [1.29, 1.82) is 0 Å². The van der Waals surface area contributed by atoms with Crippen molar-refractivity contribution in [3.63, 3.8) is 0 Å². The fraction of sp³-hybridized carbons (Fsp3) is 0.600. The van der Waals surface area contributed by atoms with Gasteiger partial charge in [-0.1, -0.05) is 30.7 Å². The van der Waals surface area contributed by atoms with Crippen molar-refractivity contribution in [2.75, 3.05) is 33.4 Å². The Kier molecular flexibility index (Phi) is 8.11. The van der Waals surface area contributed by atoms with Gasteiger partial charge >= 0.3 is 0 Å². The van der Waals surface area contributed by atoms with Crippen LogP contribution in [0.5, 0.6) is 0 Å². The summed E-state index contributed by atoms with van der Waals surface area (Å²) < 4.78 is 5.15. The molecule has 0 fully saturated rings. The lowest BCUT2D eigenvalue weighted by atomic mass is 9.96. The number of aliphatic hydroxyl groups excluding tert-OH is 1. The molecule has 1 rings (SSSR count). The summed E-state index contributed by atoms with van der Waals surface area (Å²) in [5, 5.41) is 9.99. The molecule has 0 aliphatic carbocycles. The Morgan fingerprint density at radius 1 is 1.40 bits per heavy atom. The summed E-state index contributed by atoms with van der Waals surface area (Å²) in [4.78, 5) is 2.16. The van der Waals surface area contributed by atoms with Gasteiger partial charge in [-0.25, -0.2) is 0 Å². The maximum absolute atomic E-state index is 9.29. The number of ether oxygens (including phenoxy) is 1. The van der Waals surface area contributed by atoms with Gasteiger partial charge in [-0.05, 0) is 24.1 Å². The lowest BCUT2D eigenvalue weighted by molar-refractivity contribution is 0.0899.